The Labute approximate surface area is 437 Å². The second kappa shape index (κ2) is 21.4. The quantitative estimate of drug-likeness (QED) is 0.0772. The molecule has 4 aliphatic carbocycles. The van der Waals surface area contributed by atoms with E-state index in [2.05, 4.69) is 208 Å². The van der Waals surface area contributed by atoms with Crippen molar-refractivity contribution in [3.63, 3.8) is 0 Å². The molecule has 0 radical (unpaired) electrons. The van der Waals surface area contributed by atoms with Crippen LogP contribution in [-0.2, 0) is 27.2 Å². The number of ether oxygens (including phenoxy) is 2. The molecule has 0 bridgehead atoms. The molecule has 326 valence electrons. The van der Waals surface area contributed by atoms with Crippen molar-refractivity contribution in [3.05, 3.63) is 62.4 Å². The van der Waals surface area contributed by atoms with Gasteiger partial charge in [0.1, 0.15) is 6.10 Å². The van der Waals surface area contributed by atoms with Crippen LogP contribution in [0.15, 0.2) is 29.8 Å². The van der Waals surface area contributed by atoms with Crippen molar-refractivity contribution in [2.24, 2.45) is 58.2 Å². The van der Waals surface area contributed by atoms with Gasteiger partial charge in [-0.2, -0.15) is 0 Å². The predicted octanol–water partition coefficient (Wildman–Crippen LogP) is 16.0. The zero-order chi connectivity index (χ0) is 43.0. The Morgan fingerprint density at radius 3 is 2.07 bits per heavy atom. The summed E-state index contributed by atoms with van der Waals surface area (Å²) in [6.45, 7) is 16.7. The molecule has 10 atom stereocenters. The summed E-state index contributed by atoms with van der Waals surface area (Å²) in [5.41, 5.74) is 4.56. The van der Waals surface area contributed by atoms with Gasteiger partial charge >= 0.3 is 11.9 Å². The molecule has 0 aliphatic heterocycles. The molecule has 4 nitrogen and oxygen atoms in total. The van der Waals surface area contributed by atoms with E-state index in [0.29, 0.717) is 36.8 Å². The van der Waals surface area contributed by atoms with E-state index in [0.717, 1.165) is 71.0 Å². The fourth-order valence-corrected chi connectivity index (χ4v) is 20.2. The Bertz CT molecular complexity index is 1870. The summed E-state index contributed by atoms with van der Waals surface area (Å²) < 4.78 is 19.2. The van der Waals surface area contributed by atoms with Crippen molar-refractivity contribution in [2.75, 3.05) is 0 Å². The lowest BCUT2D eigenvalue weighted by atomic mass is 9.47. The predicted molar refractivity (Wildman–Crippen MR) is 293 cm³/mol. The number of benzene rings is 2. The van der Waals surface area contributed by atoms with Crippen LogP contribution in [0.5, 0.6) is 5.75 Å². The summed E-state index contributed by atoms with van der Waals surface area (Å²) in [6, 6.07) is 6.42. The molecule has 0 aromatic heterocycles. The SMILES string of the molecule is CCC(Cc1c(I)cc(I)cc1I)C(=O)Oc1c(I)cc(I)c(CC(CC)C(=O)O[C@H]2CC[C@@]3(C)C(=CCC4C3CC[C@@]3(C)C4CC[C@@H]3[C@H](C)CCCC(C)C)C2)c1I. The number of halogens is 6. The molecule has 2 aromatic carbocycles. The molecule has 5 unspecified atom stereocenters. The van der Waals surface area contributed by atoms with E-state index in [1.165, 1.54) is 67.6 Å². The molecular weight excluding hydrogens is 1410 g/mol. The number of allylic oxidation sites excluding steroid dienone is 1. The normalized spacial score (nSPS) is 29.2. The highest BCUT2D eigenvalue weighted by atomic mass is 127. The summed E-state index contributed by atoms with van der Waals surface area (Å²) >= 11 is 14.1. The number of carbonyl (C=O) groups is 2. The molecule has 10 heteroatoms. The minimum Gasteiger partial charge on any atom is -0.462 e. The van der Waals surface area contributed by atoms with Crippen LogP contribution in [0, 0.1) is 79.6 Å². The molecule has 0 N–H and O–H groups in total. The molecule has 2 aromatic rings. The maximum absolute atomic E-state index is 14.1. The summed E-state index contributed by atoms with van der Waals surface area (Å²) in [7, 11) is 0. The van der Waals surface area contributed by atoms with Gasteiger partial charge in [-0.3, -0.25) is 9.59 Å². The lowest BCUT2D eigenvalue weighted by molar-refractivity contribution is -0.156. The van der Waals surface area contributed by atoms with Crippen LogP contribution in [0.1, 0.15) is 143 Å². The fourth-order valence-electron chi connectivity index (χ4n) is 12.1. The average molecular weight is 1480 g/mol. The van der Waals surface area contributed by atoms with Crippen LogP contribution in [0.4, 0.5) is 0 Å². The van der Waals surface area contributed by atoms with Crippen LogP contribution in [0.2, 0.25) is 0 Å². The molecular formula is C49H64I6O4. The van der Waals surface area contributed by atoms with E-state index >= 15 is 0 Å². The average Bonchev–Trinajstić information content (AvgIpc) is 3.53. The van der Waals surface area contributed by atoms with E-state index in [4.69, 9.17) is 9.47 Å². The van der Waals surface area contributed by atoms with Gasteiger partial charge in [-0.25, -0.2) is 0 Å². The summed E-state index contributed by atoms with van der Waals surface area (Å²) in [5, 5.41) is 0. The number of carbonyl (C=O) groups excluding carboxylic acids is 2. The Balaban J connectivity index is 1.09. The molecule has 0 spiro atoms. The van der Waals surface area contributed by atoms with E-state index in [1.54, 1.807) is 5.57 Å². The van der Waals surface area contributed by atoms with E-state index < -0.39 is 0 Å². The fraction of sp³-hybridized carbons (Fsp3) is 0.673. The molecule has 6 rings (SSSR count). The van der Waals surface area contributed by atoms with Crippen molar-refractivity contribution in [3.8, 4) is 5.75 Å². The van der Waals surface area contributed by atoms with Gasteiger partial charge in [0.15, 0.2) is 5.75 Å². The first-order chi connectivity index (χ1) is 27.9. The highest BCUT2D eigenvalue weighted by molar-refractivity contribution is 14.1. The highest BCUT2D eigenvalue weighted by Crippen LogP contribution is 2.67. The summed E-state index contributed by atoms with van der Waals surface area (Å²) in [4.78, 5) is 27.8. The lowest BCUT2D eigenvalue weighted by Crippen LogP contribution is -2.51. The second-order valence-corrected chi connectivity index (χ2v) is 26.4. The van der Waals surface area contributed by atoms with Crippen LogP contribution < -0.4 is 4.74 Å². The monoisotopic (exact) mass is 1480 g/mol. The van der Waals surface area contributed by atoms with Crippen molar-refractivity contribution in [1.29, 1.82) is 0 Å². The second-order valence-electron chi connectivity index (χ2n) is 19.4. The molecule has 4 aliphatic rings. The van der Waals surface area contributed by atoms with Crippen molar-refractivity contribution < 1.29 is 19.1 Å². The Morgan fingerprint density at radius 1 is 0.763 bits per heavy atom. The number of fused-ring (bicyclic) bond motifs is 5. The zero-order valence-electron chi connectivity index (χ0n) is 36.0. The maximum Gasteiger partial charge on any atom is 0.314 e. The van der Waals surface area contributed by atoms with Gasteiger partial charge in [0.05, 0.1) is 19.0 Å². The molecule has 0 heterocycles. The summed E-state index contributed by atoms with van der Waals surface area (Å²) in [5.74, 6) is 4.75. The van der Waals surface area contributed by atoms with Crippen LogP contribution in [0.3, 0.4) is 0 Å². The first-order valence-electron chi connectivity index (χ1n) is 22.3. The van der Waals surface area contributed by atoms with Gasteiger partial charge in [0.2, 0.25) is 0 Å². The third kappa shape index (κ3) is 11.0. The minimum atomic E-state index is -0.258. The first-order valence-corrected chi connectivity index (χ1v) is 28.8. The van der Waals surface area contributed by atoms with Crippen LogP contribution in [-0.4, -0.2) is 18.0 Å². The molecule has 3 saturated carbocycles. The van der Waals surface area contributed by atoms with Gasteiger partial charge in [-0.1, -0.05) is 79.4 Å². The molecule has 0 saturated heterocycles. The molecule has 3 fully saturated rings. The highest BCUT2D eigenvalue weighted by Gasteiger charge is 2.59. The first kappa shape index (κ1) is 49.9. The zero-order valence-corrected chi connectivity index (χ0v) is 49.0. The topological polar surface area (TPSA) is 52.6 Å². The standard InChI is InChI=1S/C49H64I6O4/c1-8-29(21-35-40(51)24-32(50)25-41(35)52)47(57)59-45-43(54)26-42(53)36(44(45)55)22-30(9-2)46(56)58-33-17-19-48(6)31(23-33)13-14-34-38-16-15-37(28(5)12-10-11-27(3)4)49(38,7)20-18-39(34)48/h13,24-30,33-34,37-39H,8-12,14-23H2,1-7H3/t28-,29?,30?,33+,34?,37-,38?,39?,48+,49-/m1/s1. The Hall–Kier alpha value is 1.50. The summed E-state index contributed by atoms with van der Waals surface area (Å²) in [6.07, 6.45) is 19.1. The van der Waals surface area contributed by atoms with E-state index in [-0.39, 0.29) is 35.3 Å². The van der Waals surface area contributed by atoms with E-state index in [1.807, 2.05) is 0 Å². The van der Waals surface area contributed by atoms with Crippen LogP contribution >= 0.6 is 136 Å². The van der Waals surface area contributed by atoms with Gasteiger partial charge < -0.3 is 9.47 Å². The largest absolute Gasteiger partial charge is 0.462 e. The molecule has 0 amide bonds. The number of hydrogen-bond acceptors (Lipinski definition) is 4. The third-order valence-electron chi connectivity index (χ3n) is 15.6. The van der Waals surface area contributed by atoms with Crippen molar-refractivity contribution >= 4 is 147 Å². The Kier molecular flexibility index (Phi) is 18.1. The Morgan fingerprint density at radius 2 is 1.41 bits per heavy atom. The van der Waals surface area contributed by atoms with Crippen LogP contribution in [0.25, 0.3) is 0 Å². The van der Waals surface area contributed by atoms with Gasteiger partial charge in [0.25, 0.3) is 0 Å². The number of hydrogen-bond donors (Lipinski definition) is 0. The maximum atomic E-state index is 14.1. The van der Waals surface area contributed by atoms with E-state index in [9.17, 15) is 9.59 Å². The van der Waals surface area contributed by atoms with Crippen molar-refractivity contribution in [2.45, 2.75) is 151 Å². The number of esters is 2. The minimum absolute atomic E-state index is 0.0552. The smallest absolute Gasteiger partial charge is 0.314 e. The van der Waals surface area contributed by atoms with Crippen molar-refractivity contribution in [1.82, 2.24) is 0 Å². The third-order valence-corrected chi connectivity index (χ3v) is 21.1. The van der Waals surface area contributed by atoms with Gasteiger partial charge in [-0.15, -0.1) is 0 Å². The van der Waals surface area contributed by atoms with Gasteiger partial charge in [-0.05, 0) is 282 Å². The number of rotatable bonds is 15. The lowest BCUT2D eigenvalue weighted by Gasteiger charge is -2.58. The molecule has 59 heavy (non-hydrogen) atoms. The van der Waals surface area contributed by atoms with Gasteiger partial charge in [0, 0.05) is 20.7 Å².